The molecule has 7 nitrogen and oxygen atoms in total. The maximum Gasteiger partial charge on any atom is 0.224 e. The lowest BCUT2D eigenvalue weighted by molar-refractivity contribution is -0.124. The molecule has 183 valence electrons. The van der Waals surface area contributed by atoms with Gasteiger partial charge in [-0.05, 0) is 110 Å². The third-order valence-electron chi connectivity index (χ3n) is 8.14. The number of benzene rings is 1. The summed E-state index contributed by atoms with van der Waals surface area (Å²) in [6, 6.07) is 10.0. The zero-order chi connectivity index (χ0) is 23.7. The van der Waals surface area contributed by atoms with E-state index in [2.05, 4.69) is 31.6 Å². The van der Waals surface area contributed by atoms with Crippen molar-refractivity contribution in [1.29, 1.82) is 0 Å². The molecule has 1 amide bonds. The molecule has 4 saturated carbocycles. The summed E-state index contributed by atoms with van der Waals surface area (Å²) in [4.78, 5) is 17.9. The van der Waals surface area contributed by atoms with Crippen LogP contribution < -0.4 is 16.0 Å². The first-order valence-electron chi connectivity index (χ1n) is 12.9. The Hall–Kier alpha value is -2.58. The molecule has 2 aromatic heterocycles. The van der Waals surface area contributed by atoms with Crippen LogP contribution in [-0.4, -0.2) is 33.6 Å². The molecule has 35 heavy (non-hydrogen) atoms. The third-order valence-corrected chi connectivity index (χ3v) is 8.66. The van der Waals surface area contributed by atoms with Crippen molar-refractivity contribution in [3.63, 3.8) is 0 Å². The number of hydrogen-bond donors (Lipinski definition) is 3. The first-order valence-corrected chi connectivity index (χ1v) is 13.7. The topological polar surface area (TPSA) is 91.8 Å². The highest BCUT2D eigenvalue weighted by Crippen LogP contribution is 2.61. The molecule has 3 N–H and O–H groups in total. The second-order valence-corrected chi connectivity index (χ2v) is 11.5. The molecule has 4 aliphatic carbocycles. The highest BCUT2D eigenvalue weighted by molar-refractivity contribution is 7.03. The smallest absolute Gasteiger partial charge is 0.224 e. The van der Waals surface area contributed by atoms with Crippen LogP contribution in [0.4, 0.5) is 11.5 Å². The van der Waals surface area contributed by atoms with E-state index in [1.807, 2.05) is 36.2 Å². The van der Waals surface area contributed by atoms with Crippen LogP contribution in [0.1, 0.15) is 57.1 Å². The SMILES string of the molecule is O=C(CC12CC3CC(CC(C3)C1)C2)Nc1cccc2nc(NCCCN[CH]c3csnn3)ccc12. The molecule has 1 radical (unpaired) electrons. The van der Waals surface area contributed by atoms with E-state index in [0.717, 1.165) is 65.4 Å². The summed E-state index contributed by atoms with van der Waals surface area (Å²) in [5, 5.41) is 16.8. The lowest BCUT2D eigenvalue weighted by Gasteiger charge is -2.56. The normalized spacial score (nSPS) is 26.8. The number of pyridine rings is 1. The molecule has 1 aromatic carbocycles. The minimum atomic E-state index is 0.166. The molecule has 4 bridgehead atoms. The average Bonchev–Trinajstić information content (AvgIpc) is 3.34. The van der Waals surface area contributed by atoms with Gasteiger partial charge in [0.05, 0.1) is 23.4 Å². The molecule has 2 heterocycles. The molecule has 0 spiro atoms. The van der Waals surface area contributed by atoms with Gasteiger partial charge in [-0.1, -0.05) is 10.6 Å². The zero-order valence-corrected chi connectivity index (χ0v) is 20.8. The average molecular weight is 490 g/mol. The Morgan fingerprint density at radius 1 is 1.06 bits per heavy atom. The summed E-state index contributed by atoms with van der Waals surface area (Å²) in [6.45, 7) is 3.55. The number of anilines is 2. The molecule has 4 fully saturated rings. The van der Waals surface area contributed by atoms with Gasteiger partial charge in [0.15, 0.2) is 0 Å². The monoisotopic (exact) mass is 489 g/mol. The lowest BCUT2D eigenvalue weighted by Crippen LogP contribution is -2.47. The first kappa shape index (κ1) is 22.9. The van der Waals surface area contributed by atoms with Gasteiger partial charge in [0.1, 0.15) is 5.82 Å². The van der Waals surface area contributed by atoms with Crippen molar-refractivity contribution in [1.82, 2.24) is 19.9 Å². The van der Waals surface area contributed by atoms with Gasteiger partial charge >= 0.3 is 0 Å². The van der Waals surface area contributed by atoms with E-state index in [1.165, 1.54) is 50.1 Å². The maximum absolute atomic E-state index is 13.2. The van der Waals surface area contributed by atoms with Crippen LogP contribution in [0.2, 0.25) is 0 Å². The standard InChI is InChI=1S/C27H33N6OS/c34-26(15-27-12-18-9-19(13-27)11-20(10-18)14-27)31-24-4-1-3-23-22(24)5-6-25(30-23)29-8-2-7-28-16-21-17-35-33-32-21/h1,3-6,16-20,28H,2,7-15H2,(H,29,30)(H,31,34). The molecule has 3 aromatic rings. The van der Waals surface area contributed by atoms with Gasteiger partial charge in [-0.3, -0.25) is 4.79 Å². The highest BCUT2D eigenvalue weighted by Gasteiger charge is 2.51. The fourth-order valence-electron chi connectivity index (χ4n) is 7.22. The first-order chi connectivity index (χ1) is 17.1. The van der Waals surface area contributed by atoms with Crippen LogP contribution in [0.3, 0.4) is 0 Å². The Kier molecular flexibility index (Phi) is 6.41. The molecule has 0 saturated heterocycles. The van der Waals surface area contributed by atoms with Crippen molar-refractivity contribution in [3.05, 3.63) is 48.0 Å². The number of carbonyl (C=O) groups is 1. The number of fused-ring (bicyclic) bond motifs is 1. The second kappa shape index (κ2) is 9.82. The largest absolute Gasteiger partial charge is 0.370 e. The fourth-order valence-corrected chi connectivity index (χ4v) is 7.63. The predicted octanol–water partition coefficient (Wildman–Crippen LogP) is 5.23. The van der Waals surface area contributed by atoms with E-state index < -0.39 is 0 Å². The van der Waals surface area contributed by atoms with Crippen LogP contribution in [0.25, 0.3) is 10.9 Å². The molecule has 7 rings (SSSR count). The van der Waals surface area contributed by atoms with Gasteiger partial charge in [-0.2, -0.15) is 0 Å². The minimum absolute atomic E-state index is 0.166. The van der Waals surface area contributed by atoms with Crippen molar-refractivity contribution >= 4 is 39.8 Å². The summed E-state index contributed by atoms with van der Waals surface area (Å²) in [6.07, 6.45) is 9.62. The van der Waals surface area contributed by atoms with Crippen molar-refractivity contribution < 1.29 is 4.79 Å². The van der Waals surface area contributed by atoms with E-state index in [0.29, 0.717) is 6.42 Å². The quantitative estimate of drug-likeness (QED) is 0.338. The number of nitrogens with one attached hydrogen (secondary N) is 3. The molecule has 8 heteroatoms. The summed E-state index contributed by atoms with van der Waals surface area (Å²) >= 11 is 1.35. The van der Waals surface area contributed by atoms with Crippen LogP contribution in [0.5, 0.6) is 0 Å². The van der Waals surface area contributed by atoms with E-state index in [1.54, 1.807) is 0 Å². The van der Waals surface area contributed by atoms with Crippen molar-refractivity contribution in [2.45, 2.75) is 51.4 Å². The Morgan fingerprint density at radius 3 is 2.60 bits per heavy atom. The number of aromatic nitrogens is 3. The van der Waals surface area contributed by atoms with E-state index >= 15 is 0 Å². The van der Waals surface area contributed by atoms with E-state index in [-0.39, 0.29) is 11.3 Å². The Labute approximate surface area is 210 Å². The molecule has 0 unspecified atom stereocenters. The molecule has 0 aliphatic heterocycles. The molecule has 4 aliphatic rings. The summed E-state index contributed by atoms with van der Waals surface area (Å²) in [5.74, 6) is 3.62. The molecular formula is C27H33N6OS. The summed E-state index contributed by atoms with van der Waals surface area (Å²) in [7, 11) is 0. The Balaban J connectivity index is 1.03. The number of rotatable bonds is 10. The van der Waals surface area contributed by atoms with Gasteiger partial charge in [0.2, 0.25) is 5.91 Å². The van der Waals surface area contributed by atoms with Gasteiger partial charge in [0.25, 0.3) is 0 Å². The molecule has 0 atom stereocenters. The van der Waals surface area contributed by atoms with Crippen molar-refractivity contribution in [2.24, 2.45) is 23.2 Å². The van der Waals surface area contributed by atoms with Gasteiger partial charge in [-0.25, -0.2) is 4.98 Å². The van der Waals surface area contributed by atoms with Gasteiger partial charge in [-0.15, -0.1) is 5.10 Å². The fraction of sp³-hybridized carbons (Fsp3) is 0.519. The third kappa shape index (κ3) is 5.19. The van der Waals surface area contributed by atoms with Crippen molar-refractivity contribution in [2.75, 3.05) is 23.7 Å². The Bertz CT molecular complexity index is 1140. The van der Waals surface area contributed by atoms with Gasteiger partial charge in [0, 0.05) is 23.7 Å². The maximum atomic E-state index is 13.2. The minimum Gasteiger partial charge on any atom is -0.370 e. The zero-order valence-electron chi connectivity index (χ0n) is 20.0. The van der Waals surface area contributed by atoms with E-state index in [9.17, 15) is 4.79 Å². The summed E-state index contributed by atoms with van der Waals surface area (Å²) in [5.41, 5.74) is 2.88. The second-order valence-electron chi connectivity index (χ2n) is 10.9. The number of amides is 1. The Morgan fingerprint density at radius 2 is 1.86 bits per heavy atom. The lowest BCUT2D eigenvalue weighted by atomic mass is 9.49. The van der Waals surface area contributed by atoms with Crippen LogP contribution in [-0.2, 0) is 4.79 Å². The van der Waals surface area contributed by atoms with Crippen molar-refractivity contribution in [3.8, 4) is 0 Å². The molecular weight excluding hydrogens is 456 g/mol. The van der Waals surface area contributed by atoms with Crippen LogP contribution >= 0.6 is 11.5 Å². The van der Waals surface area contributed by atoms with E-state index in [4.69, 9.17) is 4.98 Å². The van der Waals surface area contributed by atoms with Crippen LogP contribution in [0, 0.1) is 29.7 Å². The van der Waals surface area contributed by atoms with Crippen LogP contribution in [0.15, 0.2) is 35.7 Å². The van der Waals surface area contributed by atoms with Gasteiger partial charge < -0.3 is 16.0 Å². The summed E-state index contributed by atoms with van der Waals surface area (Å²) < 4.78 is 3.84. The number of carbonyl (C=O) groups excluding carboxylic acids is 1. The predicted molar refractivity (Wildman–Crippen MR) is 140 cm³/mol. The number of hydrogen-bond acceptors (Lipinski definition) is 7. The highest BCUT2D eigenvalue weighted by atomic mass is 32.1. The number of nitrogens with zero attached hydrogens (tertiary/aromatic N) is 3.